The van der Waals surface area contributed by atoms with Crippen LogP contribution in [0.4, 0.5) is 0 Å². The molecule has 0 fully saturated rings. The summed E-state index contributed by atoms with van der Waals surface area (Å²) in [6.45, 7) is 2.02. The third kappa shape index (κ3) is 4.80. The molecule has 0 aliphatic carbocycles. The molecule has 7 heteroatoms. The van der Waals surface area contributed by atoms with E-state index < -0.39 is 6.29 Å². The number of benzene rings is 1. The second kappa shape index (κ2) is 9.09. The van der Waals surface area contributed by atoms with E-state index in [0.29, 0.717) is 6.61 Å². The molecule has 1 aromatic carbocycles. The molecule has 0 saturated heterocycles. The topological polar surface area (TPSA) is 54.0 Å². The number of hydrogen-bond donors (Lipinski definition) is 0. The molecule has 0 amide bonds. The Hall–Kier alpha value is -0.990. The third-order valence-electron chi connectivity index (χ3n) is 3.89. The lowest BCUT2D eigenvalue weighted by Crippen LogP contribution is -2.45. The highest BCUT2D eigenvalue weighted by molar-refractivity contribution is 8.10. The Morgan fingerprint density at radius 2 is 1.92 bits per heavy atom. The average molecular weight is 383 g/mol. The van der Waals surface area contributed by atoms with Gasteiger partial charge in [-0.25, -0.2) is 0 Å². The monoisotopic (exact) mass is 382 g/mol. The molecule has 0 bridgehead atoms. The van der Waals surface area contributed by atoms with Crippen molar-refractivity contribution >= 4 is 29.5 Å². The van der Waals surface area contributed by atoms with Crippen molar-refractivity contribution in [3.8, 4) is 0 Å². The van der Waals surface area contributed by atoms with Gasteiger partial charge >= 0.3 is 5.97 Å². The van der Waals surface area contributed by atoms with Gasteiger partial charge < -0.3 is 18.9 Å². The van der Waals surface area contributed by atoms with Gasteiger partial charge in [-0.3, -0.25) is 4.79 Å². The van der Waals surface area contributed by atoms with Crippen molar-refractivity contribution in [3.05, 3.63) is 45.7 Å². The second-order valence-corrected chi connectivity index (χ2v) is 7.96. The summed E-state index contributed by atoms with van der Waals surface area (Å²) in [7, 11) is 1.63. The summed E-state index contributed by atoms with van der Waals surface area (Å²) >= 11 is 3.53. The lowest BCUT2D eigenvalue weighted by molar-refractivity contribution is -0.190. The number of rotatable bonds is 6. The first kappa shape index (κ1) is 18.8. The first-order valence-electron chi connectivity index (χ1n) is 8.16. The largest absolute Gasteiger partial charge is 0.463 e. The van der Waals surface area contributed by atoms with Gasteiger partial charge in [-0.2, -0.15) is 0 Å². The lowest BCUT2D eigenvalue weighted by Gasteiger charge is -2.39. The maximum absolute atomic E-state index is 11.2. The minimum Gasteiger partial charge on any atom is -0.463 e. The number of esters is 1. The minimum atomic E-state index is -0.426. The Kier molecular flexibility index (Phi) is 6.84. The Balaban J connectivity index is 1.80. The molecular formula is C18H22O5S2. The van der Waals surface area contributed by atoms with E-state index in [2.05, 4.69) is 0 Å². The molecule has 0 aromatic heterocycles. The highest BCUT2D eigenvalue weighted by atomic mass is 32.2. The summed E-state index contributed by atoms with van der Waals surface area (Å²) in [5.74, 6) is 1.71. The van der Waals surface area contributed by atoms with Gasteiger partial charge in [0.1, 0.15) is 18.8 Å². The van der Waals surface area contributed by atoms with Crippen molar-refractivity contribution in [3.63, 3.8) is 0 Å². The Morgan fingerprint density at radius 3 is 2.60 bits per heavy atom. The molecule has 2 aliphatic heterocycles. The van der Waals surface area contributed by atoms with E-state index >= 15 is 0 Å². The first-order valence-corrected chi connectivity index (χ1v) is 10.1. The summed E-state index contributed by atoms with van der Waals surface area (Å²) < 4.78 is 22.9. The molecule has 0 saturated carbocycles. The maximum Gasteiger partial charge on any atom is 0.302 e. The third-order valence-corrected chi connectivity index (χ3v) is 6.58. The molecule has 3 atom stereocenters. The normalized spacial score (nSPS) is 26.2. The van der Waals surface area contributed by atoms with Gasteiger partial charge in [0.05, 0.1) is 11.5 Å². The fraction of sp³-hybridized carbons (Fsp3) is 0.500. The van der Waals surface area contributed by atoms with E-state index in [4.69, 9.17) is 18.9 Å². The highest BCUT2D eigenvalue weighted by Gasteiger charge is 2.41. The quantitative estimate of drug-likeness (QED) is 0.700. The standard InChI is InChI=1S/C18H22O5S2/c1-12(19)21-11-14-15(22-10-13-6-4-3-5-7-13)16-17(18(20-2)23-14)25-9-8-24-16/h3-7,14-15,18H,8-11H2,1-2H3/t14-,15+,18-/m1/s1. The van der Waals surface area contributed by atoms with Crippen LogP contribution in [0.25, 0.3) is 0 Å². The molecule has 3 rings (SSSR count). The van der Waals surface area contributed by atoms with Gasteiger partial charge in [0.15, 0.2) is 6.29 Å². The predicted octanol–water partition coefficient (Wildman–Crippen LogP) is 3.20. The van der Waals surface area contributed by atoms with Crippen LogP contribution in [0, 0.1) is 0 Å². The van der Waals surface area contributed by atoms with E-state index in [1.165, 1.54) is 6.92 Å². The van der Waals surface area contributed by atoms with E-state index in [9.17, 15) is 4.79 Å². The number of methoxy groups -OCH3 is 1. The van der Waals surface area contributed by atoms with Gasteiger partial charge in [-0.05, 0) is 5.56 Å². The molecule has 0 spiro atoms. The van der Waals surface area contributed by atoms with Crippen LogP contribution in [0.15, 0.2) is 40.1 Å². The van der Waals surface area contributed by atoms with Crippen molar-refractivity contribution in [2.45, 2.75) is 32.0 Å². The molecule has 25 heavy (non-hydrogen) atoms. The zero-order chi connectivity index (χ0) is 17.6. The first-order chi connectivity index (χ1) is 12.2. The Bertz CT molecular complexity index is 619. The molecular weight excluding hydrogens is 360 g/mol. The second-order valence-electron chi connectivity index (χ2n) is 5.69. The maximum atomic E-state index is 11.2. The zero-order valence-electron chi connectivity index (χ0n) is 14.3. The summed E-state index contributed by atoms with van der Waals surface area (Å²) in [6.07, 6.45) is -1.08. The number of hydrogen-bond acceptors (Lipinski definition) is 7. The van der Waals surface area contributed by atoms with Gasteiger partial charge in [0, 0.05) is 30.4 Å². The minimum absolute atomic E-state index is 0.149. The summed E-state index contributed by atoms with van der Waals surface area (Å²) in [5.41, 5.74) is 1.10. The fourth-order valence-corrected chi connectivity index (χ4v) is 5.37. The van der Waals surface area contributed by atoms with Gasteiger partial charge in [0.2, 0.25) is 0 Å². The predicted molar refractivity (Wildman–Crippen MR) is 99.3 cm³/mol. The van der Waals surface area contributed by atoms with Crippen LogP contribution >= 0.6 is 23.5 Å². The lowest BCUT2D eigenvalue weighted by atomic mass is 10.1. The summed E-state index contributed by atoms with van der Waals surface area (Å²) in [6, 6.07) is 10.0. The van der Waals surface area contributed by atoms with Crippen LogP contribution in [0.1, 0.15) is 12.5 Å². The van der Waals surface area contributed by atoms with Crippen LogP contribution < -0.4 is 0 Å². The van der Waals surface area contributed by atoms with Gasteiger partial charge in [-0.1, -0.05) is 30.3 Å². The van der Waals surface area contributed by atoms with Crippen molar-refractivity contribution in [2.24, 2.45) is 0 Å². The van der Waals surface area contributed by atoms with Crippen molar-refractivity contribution in [2.75, 3.05) is 25.2 Å². The molecule has 0 N–H and O–H groups in total. The van der Waals surface area contributed by atoms with E-state index in [1.54, 1.807) is 30.6 Å². The number of carbonyl (C=O) groups is 1. The summed E-state index contributed by atoms with van der Waals surface area (Å²) in [5, 5.41) is 0. The van der Waals surface area contributed by atoms with Gasteiger partial charge in [0.25, 0.3) is 0 Å². The van der Waals surface area contributed by atoms with E-state index in [1.807, 2.05) is 30.3 Å². The molecule has 5 nitrogen and oxygen atoms in total. The number of carbonyl (C=O) groups excluding carboxylic acids is 1. The Labute approximate surface area is 156 Å². The molecule has 0 radical (unpaired) electrons. The van der Waals surface area contributed by atoms with Crippen LogP contribution in [0.3, 0.4) is 0 Å². The van der Waals surface area contributed by atoms with Crippen molar-refractivity contribution in [1.29, 1.82) is 0 Å². The van der Waals surface area contributed by atoms with Crippen LogP contribution in [-0.4, -0.2) is 49.7 Å². The molecule has 136 valence electrons. The molecule has 0 unspecified atom stereocenters. The fourth-order valence-electron chi connectivity index (χ4n) is 2.74. The van der Waals surface area contributed by atoms with Crippen molar-refractivity contribution in [1.82, 2.24) is 0 Å². The molecule has 2 heterocycles. The number of ether oxygens (including phenoxy) is 4. The SMILES string of the molecule is CO[C@@H]1O[C@H](COC(C)=O)[C@H](OCc2ccccc2)C2=C1SCCS2. The molecule has 1 aromatic rings. The smallest absolute Gasteiger partial charge is 0.302 e. The highest BCUT2D eigenvalue weighted by Crippen LogP contribution is 2.44. The van der Waals surface area contributed by atoms with Crippen molar-refractivity contribution < 1.29 is 23.7 Å². The summed E-state index contributed by atoms with van der Waals surface area (Å²) in [4.78, 5) is 13.5. The van der Waals surface area contributed by atoms with Gasteiger partial charge in [-0.15, -0.1) is 23.5 Å². The number of thioether (sulfide) groups is 2. The van der Waals surface area contributed by atoms with E-state index in [-0.39, 0.29) is 24.8 Å². The van der Waals surface area contributed by atoms with Crippen LogP contribution in [-0.2, 0) is 30.3 Å². The zero-order valence-corrected chi connectivity index (χ0v) is 15.9. The van der Waals surface area contributed by atoms with Crippen LogP contribution in [0.5, 0.6) is 0 Å². The molecule has 2 aliphatic rings. The van der Waals surface area contributed by atoms with E-state index in [0.717, 1.165) is 26.9 Å². The average Bonchev–Trinajstić information content (AvgIpc) is 2.65. The Morgan fingerprint density at radius 1 is 1.20 bits per heavy atom. The van der Waals surface area contributed by atoms with Crippen LogP contribution in [0.2, 0.25) is 0 Å².